The van der Waals surface area contributed by atoms with Gasteiger partial charge in [0.05, 0.1) is 26.0 Å². The lowest BCUT2D eigenvalue weighted by Crippen LogP contribution is -2.58. The molecule has 0 aromatic heterocycles. The fourth-order valence-electron chi connectivity index (χ4n) is 4.79. The monoisotopic (exact) mass is 596 g/mol. The van der Waals surface area contributed by atoms with Gasteiger partial charge in [-0.15, -0.1) is 14.3 Å². The largest absolute Gasteiger partial charge is 0.363 e. The molecule has 0 bridgehead atoms. The molecule has 38 heavy (non-hydrogen) atoms. The van der Waals surface area contributed by atoms with E-state index < -0.39 is 27.2 Å². The van der Waals surface area contributed by atoms with Crippen molar-refractivity contribution in [1.29, 1.82) is 0 Å². The van der Waals surface area contributed by atoms with Gasteiger partial charge in [-0.3, -0.25) is 0 Å². The van der Waals surface area contributed by atoms with E-state index in [-0.39, 0.29) is 23.0 Å². The fourth-order valence-corrected chi connectivity index (χ4v) is 6.82. The first-order chi connectivity index (χ1) is 18.0. The summed E-state index contributed by atoms with van der Waals surface area (Å²) in [5.41, 5.74) is 0.709. The zero-order valence-corrected chi connectivity index (χ0v) is 23.9. The molecule has 1 spiro atoms. The Morgan fingerprint density at radius 1 is 1.03 bits per heavy atom. The molecule has 0 radical (unpaired) electrons. The van der Waals surface area contributed by atoms with Gasteiger partial charge in [0.15, 0.2) is 5.84 Å². The van der Waals surface area contributed by atoms with E-state index in [4.69, 9.17) is 23.2 Å². The number of nitrogens with one attached hydrogen (secondary N) is 1. The van der Waals surface area contributed by atoms with Gasteiger partial charge in [0.1, 0.15) is 17.3 Å². The second kappa shape index (κ2) is 10.3. The third-order valence-corrected chi connectivity index (χ3v) is 9.03. The lowest BCUT2D eigenvalue weighted by molar-refractivity contribution is 0.257. The number of anilines is 1. The molecule has 3 aromatic carbocycles. The molecule has 0 amide bonds. The molecular formula is C26H25Cl2F2N4O2PS. The molecule has 200 valence electrons. The van der Waals surface area contributed by atoms with Gasteiger partial charge in [-0.25, -0.2) is 8.78 Å². The summed E-state index contributed by atoms with van der Waals surface area (Å²) in [5, 5.41) is 5.72. The Bertz CT molecular complexity index is 1490. The zero-order chi connectivity index (χ0) is 27.2. The Morgan fingerprint density at radius 2 is 1.63 bits per heavy atom. The molecule has 1 unspecified atom stereocenters. The molecule has 2 aliphatic rings. The number of hydrogen-bond acceptors (Lipinski definition) is 4. The SMILES string of the molecule is Cc1ccc(S(=O)(=O)N/N=C(/c2c(Cl)cc(P)cc2Cl)N2CCN(c3c(F)cccc3F)CC23CC3)cc1. The molecule has 1 saturated carbocycles. The summed E-state index contributed by atoms with van der Waals surface area (Å²) < 4.78 is 55.3. The standard InChI is InChI=1S/C26H25Cl2F2N4O2PS/c1-16-5-7-18(8-6-16)38(35,36)32-31-25(23-19(27)13-17(37)14-20(23)28)34-12-11-33(15-26(34)9-10-26)24-21(29)3-2-4-22(24)30/h2-8,13-14,32H,9-12,15,37H2,1H3/b31-25-. The zero-order valence-electron chi connectivity index (χ0n) is 20.4. The molecule has 6 nitrogen and oxygen atoms in total. The predicted octanol–water partition coefficient (Wildman–Crippen LogP) is 5.08. The van der Waals surface area contributed by atoms with Crippen molar-refractivity contribution in [3.63, 3.8) is 0 Å². The van der Waals surface area contributed by atoms with Crippen LogP contribution in [0.5, 0.6) is 0 Å². The van der Waals surface area contributed by atoms with Crippen LogP contribution in [0.25, 0.3) is 0 Å². The minimum absolute atomic E-state index is 0.0599. The number of piperazine rings is 1. The molecular weight excluding hydrogens is 572 g/mol. The molecule has 2 fully saturated rings. The first-order valence-corrected chi connectivity index (χ1v) is 14.7. The van der Waals surface area contributed by atoms with Gasteiger partial charge >= 0.3 is 0 Å². The first-order valence-electron chi connectivity index (χ1n) is 11.9. The summed E-state index contributed by atoms with van der Waals surface area (Å²) >= 11 is 13.2. The van der Waals surface area contributed by atoms with Crippen LogP contribution in [0.15, 0.2) is 64.6 Å². The van der Waals surface area contributed by atoms with E-state index in [2.05, 4.69) is 19.2 Å². The predicted molar refractivity (Wildman–Crippen MR) is 151 cm³/mol. The molecule has 12 heteroatoms. The second-order valence-corrected chi connectivity index (χ2v) is 12.7. The van der Waals surface area contributed by atoms with Crippen molar-refractivity contribution in [1.82, 2.24) is 9.73 Å². The van der Waals surface area contributed by atoms with Gasteiger partial charge in [0.2, 0.25) is 0 Å². The van der Waals surface area contributed by atoms with Crippen LogP contribution in [-0.2, 0) is 10.0 Å². The minimum atomic E-state index is -4.00. The molecule has 3 aromatic rings. The first kappa shape index (κ1) is 27.1. The number of amidine groups is 1. The molecule has 1 aliphatic carbocycles. The highest BCUT2D eigenvalue weighted by molar-refractivity contribution is 7.89. The number of nitrogens with zero attached hydrogens (tertiary/aromatic N) is 3. The van der Waals surface area contributed by atoms with Crippen molar-refractivity contribution in [2.75, 3.05) is 24.5 Å². The van der Waals surface area contributed by atoms with E-state index in [1.54, 1.807) is 29.2 Å². The summed E-state index contributed by atoms with van der Waals surface area (Å²) in [5.74, 6) is -1.00. The summed E-state index contributed by atoms with van der Waals surface area (Å²) in [6, 6.07) is 13.6. The summed E-state index contributed by atoms with van der Waals surface area (Å²) in [6.45, 7) is 2.78. The number of hydrogen-bond donors (Lipinski definition) is 1. The van der Waals surface area contributed by atoms with E-state index in [0.717, 1.165) is 23.7 Å². The molecule has 1 N–H and O–H groups in total. The molecule has 1 aliphatic heterocycles. The number of benzene rings is 3. The summed E-state index contributed by atoms with van der Waals surface area (Å²) in [4.78, 5) is 6.05. The Hall–Kier alpha value is -2.45. The van der Waals surface area contributed by atoms with Crippen molar-refractivity contribution in [3.8, 4) is 0 Å². The maximum absolute atomic E-state index is 14.6. The Labute approximate surface area is 232 Å². The maximum Gasteiger partial charge on any atom is 0.276 e. The lowest BCUT2D eigenvalue weighted by Gasteiger charge is -2.45. The van der Waals surface area contributed by atoms with E-state index in [1.807, 2.05) is 11.8 Å². The molecule has 1 saturated heterocycles. The average molecular weight is 597 g/mol. The lowest BCUT2D eigenvalue weighted by atomic mass is 10.1. The average Bonchev–Trinajstić information content (AvgIpc) is 3.60. The quantitative estimate of drug-likeness (QED) is 0.193. The Morgan fingerprint density at radius 3 is 2.21 bits per heavy atom. The van der Waals surface area contributed by atoms with Gasteiger partial charge < -0.3 is 9.80 Å². The summed E-state index contributed by atoms with van der Waals surface area (Å²) in [7, 11) is -1.47. The topological polar surface area (TPSA) is 65.0 Å². The van der Waals surface area contributed by atoms with Crippen LogP contribution >= 0.6 is 32.4 Å². The Balaban J connectivity index is 1.54. The van der Waals surface area contributed by atoms with Gasteiger partial charge in [-0.2, -0.15) is 13.2 Å². The van der Waals surface area contributed by atoms with Crippen LogP contribution in [0.3, 0.4) is 0 Å². The van der Waals surface area contributed by atoms with Crippen LogP contribution in [0, 0.1) is 18.6 Å². The van der Waals surface area contributed by atoms with Crippen LogP contribution in [0.2, 0.25) is 10.0 Å². The van der Waals surface area contributed by atoms with Crippen LogP contribution in [0.1, 0.15) is 24.0 Å². The highest BCUT2D eigenvalue weighted by atomic mass is 35.5. The highest BCUT2D eigenvalue weighted by Gasteiger charge is 2.53. The third-order valence-electron chi connectivity index (χ3n) is 6.88. The number of rotatable bonds is 5. The number of aryl methyl sites for hydroxylation is 1. The van der Waals surface area contributed by atoms with Gasteiger partial charge in [0.25, 0.3) is 10.0 Å². The molecule has 1 heterocycles. The van der Waals surface area contributed by atoms with Gasteiger partial charge in [-0.1, -0.05) is 47.0 Å². The Kier molecular flexibility index (Phi) is 7.33. The number of halogens is 4. The van der Waals surface area contributed by atoms with E-state index in [0.29, 0.717) is 28.7 Å². The molecule has 5 rings (SSSR count). The van der Waals surface area contributed by atoms with E-state index in [9.17, 15) is 17.2 Å². The number of para-hydroxylation sites is 1. The normalized spacial score (nSPS) is 17.2. The molecule has 1 atom stereocenters. The minimum Gasteiger partial charge on any atom is -0.363 e. The van der Waals surface area contributed by atoms with Crippen molar-refractivity contribution in [2.45, 2.75) is 30.2 Å². The van der Waals surface area contributed by atoms with Crippen molar-refractivity contribution < 1.29 is 17.2 Å². The van der Waals surface area contributed by atoms with Crippen molar-refractivity contribution >= 4 is 59.3 Å². The fraction of sp³-hybridized carbons (Fsp3) is 0.269. The number of sulfonamides is 1. The highest BCUT2D eigenvalue weighted by Crippen LogP contribution is 2.47. The number of hydrazone groups is 1. The smallest absolute Gasteiger partial charge is 0.276 e. The third kappa shape index (κ3) is 5.22. The van der Waals surface area contributed by atoms with Gasteiger partial charge in [-0.05, 0) is 61.5 Å². The van der Waals surface area contributed by atoms with E-state index >= 15 is 0 Å². The van der Waals surface area contributed by atoms with Gasteiger partial charge in [0, 0.05) is 19.6 Å². The second-order valence-electron chi connectivity index (χ2n) is 9.57. The van der Waals surface area contributed by atoms with Crippen LogP contribution in [0.4, 0.5) is 14.5 Å². The van der Waals surface area contributed by atoms with Crippen molar-refractivity contribution in [2.24, 2.45) is 5.10 Å². The maximum atomic E-state index is 14.6. The van der Waals surface area contributed by atoms with Crippen molar-refractivity contribution in [3.05, 3.63) is 87.4 Å². The van der Waals surface area contributed by atoms with E-state index in [1.165, 1.54) is 30.3 Å². The van der Waals surface area contributed by atoms with Crippen LogP contribution in [-0.4, -0.2) is 44.3 Å². The van der Waals surface area contributed by atoms with Crippen LogP contribution < -0.4 is 15.0 Å². The summed E-state index contributed by atoms with van der Waals surface area (Å²) in [6.07, 6.45) is 1.44.